The summed E-state index contributed by atoms with van der Waals surface area (Å²) in [5, 5.41) is 15.6. The number of nitrogens with zero attached hydrogens (tertiary/aromatic N) is 2. The Balaban J connectivity index is 2.71. The van der Waals surface area contributed by atoms with Gasteiger partial charge < -0.3 is 10.4 Å². The van der Waals surface area contributed by atoms with Crippen molar-refractivity contribution in [2.45, 2.75) is 52.6 Å². The number of rotatable bonds is 8. The zero-order valence-electron chi connectivity index (χ0n) is 12.8. The summed E-state index contributed by atoms with van der Waals surface area (Å²) in [5.74, 6) is 0.00757. The molecule has 0 saturated heterocycles. The molecular weight excluding hydrogens is 274 g/mol. The first-order chi connectivity index (χ1) is 9.51. The smallest absolute Gasteiger partial charge is 0.225 e. The molecule has 0 aliphatic carbocycles. The molecule has 1 heterocycles. The topological polar surface area (TPSA) is 65.5 Å². The molecule has 0 aliphatic heterocycles. The molecular formula is C14H25N3O2S. The Kier molecular flexibility index (Phi) is 6.58. The van der Waals surface area contributed by atoms with E-state index < -0.39 is 0 Å². The molecule has 1 amide bonds. The van der Waals surface area contributed by atoms with E-state index in [0.717, 1.165) is 23.7 Å². The second kappa shape index (κ2) is 7.71. The Labute approximate surface area is 125 Å². The first kappa shape index (κ1) is 17.1. The average Bonchev–Trinajstić information content (AvgIpc) is 2.90. The third-order valence-electron chi connectivity index (χ3n) is 3.77. The highest BCUT2D eigenvalue weighted by Crippen LogP contribution is 2.22. The summed E-state index contributed by atoms with van der Waals surface area (Å²) in [5.41, 5.74) is 0.666. The van der Waals surface area contributed by atoms with Crippen LogP contribution in [0.15, 0.2) is 5.38 Å². The highest BCUT2D eigenvalue weighted by atomic mass is 32.1. The van der Waals surface area contributed by atoms with Gasteiger partial charge in [-0.3, -0.25) is 9.69 Å². The molecule has 0 atom stereocenters. The van der Waals surface area contributed by atoms with Crippen LogP contribution in [-0.4, -0.2) is 34.7 Å². The zero-order chi connectivity index (χ0) is 15.2. The van der Waals surface area contributed by atoms with Gasteiger partial charge in [-0.1, -0.05) is 13.8 Å². The van der Waals surface area contributed by atoms with Crippen molar-refractivity contribution in [3.63, 3.8) is 0 Å². The first-order valence-electron chi connectivity index (χ1n) is 7.10. The van der Waals surface area contributed by atoms with Crippen molar-refractivity contribution < 1.29 is 9.90 Å². The van der Waals surface area contributed by atoms with Crippen LogP contribution >= 0.6 is 11.3 Å². The van der Waals surface area contributed by atoms with Crippen LogP contribution < -0.4 is 10.2 Å². The van der Waals surface area contributed by atoms with Gasteiger partial charge in [0.2, 0.25) is 5.91 Å². The summed E-state index contributed by atoms with van der Waals surface area (Å²) in [4.78, 5) is 17.6. The number of carbonyl (C=O) groups excluding carboxylic acids is 1. The summed E-state index contributed by atoms with van der Waals surface area (Å²) < 4.78 is 0. The minimum atomic E-state index is -0.241. The van der Waals surface area contributed by atoms with E-state index in [0.29, 0.717) is 13.1 Å². The maximum Gasteiger partial charge on any atom is 0.225 e. The summed E-state index contributed by atoms with van der Waals surface area (Å²) >= 11 is 1.48. The second-order valence-electron chi connectivity index (χ2n) is 4.88. The van der Waals surface area contributed by atoms with Crippen LogP contribution in [0, 0.1) is 0 Å². The molecule has 20 heavy (non-hydrogen) atoms. The Morgan fingerprint density at radius 2 is 2.10 bits per heavy atom. The SMILES string of the molecule is CCN(C(C)=O)c1nc(CNC(CC)(CC)CO)cs1. The van der Waals surface area contributed by atoms with Crippen LogP contribution in [0.25, 0.3) is 0 Å². The third-order valence-corrected chi connectivity index (χ3v) is 4.68. The van der Waals surface area contributed by atoms with Crippen LogP contribution in [-0.2, 0) is 11.3 Å². The molecule has 0 fully saturated rings. The maximum absolute atomic E-state index is 11.5. The van der Waals surface area contributed by atoms with Crippen molar-refractivity contribution >= 4 is 22.4 Å². The summed E-state index contributed by atoms with van der Waals surface area (Å²) in [6.45, 7) is 8.96. The quantitative estimate of drug-likeness (QED) is 0.772. The predicted molar refractivity (Wildman–Crippen MR) is 83.1 cm³/mol. The number of thiazole rings is 1. The minimum Gasteiger partial charge on any atom is -0.394 e. The van der Waals surface area contributed by atoms with E-state index in [1.54, 1.807) is 11.8 Å². The Hall–Kier alpha value is -0.980. The van der Waals surface area contributed by atoms with E-state index in [1.807, 2.05) is 12.3 Å². The summed E-state index contributed by atoms with van der Waals surface area (Å²) in [6, 6.07) is 0. The van der Waals surface area contributed by atoms with Crippen LogP contribution in [0.5, 0.6) is 0 Å². The van der Waals surface area contributed by atoms with Crippen LogP contribution in [0.1, 0.15) is 46.2 Å². The van der Waals surface area contributed by atoms with Gasteiger partial charge >= 0.3 is 0 Å². The van der Waals surface area contributed by atoms with E-state index >= 15 is 0 Å². The fraction of sp³-hybridized carbons (Fsp3) is 0.714. The molecule has 0 aromatic carbocycles. The first-order valence-corrected chi connectivity index (χ1v) is 7.98. The lowest BCUT2D eigenvalue weighted by molar-refractivity contribution is -0.116. The van der Waals surface area contributed by atoms with Crippen LogP contribution in [0.4, 0.5) is 5.13 Å². The number of amides is 1. The van der Waals surface area contributed by atoms with Crippen molar-refractivity contribution in [3.05, 3.63) is 11.1 Å². The van der Waals surface area contributed by atoms with Gasteiger partial charge in [0.1, 0.15) is 0 Å². The van der Waals surface area contributed by atoms with Crippen LogP contribution in [0.2, 0.25) is 0 Å². The molecule has 0 bridgehead atoms. The molecule has 1 aromatic heterocycles. The van der Waals surface area contributed by atoms with Crippen LogP contribution in [0.3, 0.4) is 0 Å². The molecule has 0 saturated carbocycles. The monoisotopic (exact) mass is 299 g/mol. The number of anilines is 1. The highest BCUT2D eigenvalue weighted by molar-refractivity contribution is 7.14. The number of carbonyl (C=O) groups is 1. The summed E-state index contributed by atoms with van der Waals surface area (Å²) in [6.07, 6.45) is 1.73. The molecule has 5 nitrogen and oxygen atoms in total. The predicted octanol–water partition coefficient (Wildman–Crippen LogP) is 2.16. The van der Waals surface area contributed by atoms with Gasteiger partial charge in [0.15, 0.2) is 5.13 Å². The number of aliphatic hydroxyl groups excluding tert-OH is 1. The fourth-order valence-corrected chi connectivity index (χ4v) is 2.98. The third kappa shape index (κ3) is 4.01. The number of nitrogens with one attached hydrogen (secondary N) is 1. The lowest BCUT2D eigenvalue weighted by atomic mass is 9.94. The fourth-order valence-electron chi connectivity index (χ4n) is 2.05. The maximum atomic E-state index is 11.5. The van der Waals surface area contributed by atoms with Crippen molar-refractivity contribution in [3.8, 4) is 0 Å². The van der Waals surface area contributed by atoms with Crippen molar-refractivity contribution in [1.29, 1.82) is 0 Å². The zero-order valence-corrected chi connectivity index (χ0v) is 13.6. The number of aromatic nitrogens is 1. The largest absolute Gasteiger partial charge is 0.394 e. The van der Waals surface area contributed by atoms with Crippen molar-refractivity contribution in [2.24, 2.45) is 0 Å². The van der Waals surface area contributed by atoms with E-state index in [-0.39, 0.29) is 18.1 Å². The molecule has 0 radical (unpaired) electrons. The second-order valence-corrected chi connectivity index (χ2v) is 5.72. The molecule has 2 N–H and O–H groups in total. The van der Waals surface area contributed by atoms with E-state index in [2.05, 4.69) is 24.1 Å². The standard InChI is InChI=1S/C14H25N3O2S/c1-5-14(6-2,10-18)15-8-12-9-20-13(16-12)17(7-3)11(4)19/h9,15,18H,5-8,10H2,1-4H3. The molecule has 0 aliphatic rings. The average molecular weight is 299 g/mol. The molecule has 114 valence electrons. The molecule has 6 heteroatoms. The number of hydrogen-bond donors (Lipinski definition) is 2. The molecule has 1 aromatic rings. The van der Waals surface area contributed by atoms with E-state index in [4.69, 9.17) is 0 Å². The normalized spacial score (nSPS) is 11.7. The van der Waals surface area contributed by atoms with Crippen molar-refractivity contribution in [2.75, 3.05) is 18.1 Å². The lowest BCUT2D eigenvalue weighted by Crippen LogP contribution is -2.47. The van der Waals surface area contributed by atoms with Gasteiger partial charge in [0.05, 0.1) is 12.3 Å². The van der Waals surface area contributed by atoms with E-state index in [1.165, 1.54) is 11.3 Å². The molecule has 1 rings (SSSR count). The Morgan fingerprint density at radius 1 is 1.45 bits per heavy atom. The summed E-state index contributed by atoms with van der Waals surface area (Å²) in [7, 11) is 0. The number of hydrogen-bond acceptors (Lipinski definition) is 5. The number of aliphatic hydroxyl groups is 1. The Bertz CT molecular complexity index is 422. The highest BCUT2D eigenvalue weighted by Gasteiger charge is 2.24. The Morgan fingerprint density at radius 3 is 2.55 bits per heavy atom. The minimum absolute atomic E-state index is 0.00757. The van der Waals surface area contributed by atoms with Gasteiger partial charge in [-0.25, -0.2) is 4.98 Å². The van der Waals surface area contributed by atoms with Gasteiger partial charge in [-0.05, 0) is 19.8 Å². The van der Waals surface area contributed by atoms with Gasteiger partial charge in [-0.2, -0.15) is 0 Å². The molecule has 0 unspecified atom stereocenters. The van der Waals surface area contributed by atoms with E-state index in [9.17, 15) is 9.90 Å². The lowest BCUT2D eigenvalue weighted by Gasteiger charge is -2.30. The van der Waals surface area contributed by atoms with Gasteiger partial charge in [0, 0.05) is 30.9 Å². The van der Waals surface area contributed by atoms with Crippen molar-refractivity contribution in [1.82, 2.24) is 10.3 Å². The van der Waals surface area contributed by atoms with Gasteiger partial charge in [-0.15, -0.1) is 11.3 Å². The van der Waals surface area contributed by atoms with Gasteiger partial charge in [0.25, 0.3) is 0 Å². The molecule has 0 spiro atoms.